The van der Waals surface area contributed by atoms with Gasteiger partial charge in [0, 0.05) is 19.7 Å². The summed E-state index contributed by atoms with van der Waals surface area (Å²) in [5.41, 5.74) is 5.35. The van der Waals surface area contributed by atoms with Crippen molar-refractivity contribution in [3.8, 4) is 0 Å². The molecule has 16 heavy (non-hydrogen) atoms. The maximum Gasteiger partial charge on any atom is 0.250 e. The van der Waals surface area contributed by atoms with Crippen LogP contribution in [0, 0.1) is 0 Å². The molecule has 94 valence electrons. The van der Waals surface area contributed by atoms with E-state index in [0.717, 1.165) is 0 Å². The Labute approximate surface area is 95.4 Å². The van der Waals surface area contributed by atoms with Gasteiger partial charge in [0.25, 0.3) is 5.91 Å². The highest BCUT2D eigenvalue weighted by Gasteiger charge is 2.26. The Bertz CT molecular complexity index is 323. The highest BCUT2D eigenvalue weighted by Crippen LogP contribution is 2.12. The zero-order valence-corrected chi connectivity index (χ0v) is 10.1. The van der Waals surface area contributed by atoms with E-state index < -0.39 is 15.9 Å². The van der Waals surface area contributed by atoms with Crippen LogP contribution in [0.5, 0.6) is 0 Å². The number of hydrogen-bond donors (Lipinski definition) is 2. The summed E-state index contributed by atoms with van der Waals surface area (Å²) in [4.78, 5) is 11.6. The van der Waals surface area contributed by atoms with E-state index >= 15 is 0 Å². The molecular weight excluding hydrogens is 232 g/mol. The van der Waals surface area contributed by atoms with Gasteiger partial charge in [-0.25, -0.2) is 8.42 Å². The largest absolute Gasteiger partial charge is 0.370 e. The van der Waals surface area contributed by atoms with Gasteiger partial charge in [0.1, 0.15) is 15.9 Å². The van der Waals surface area contributed by atoms with Crippen LogP contribution in [0.2, 0.25) is 0 Å². The molecule has 0 saturated carbocycles. The molecule has 0 aromatic rings. The quantitative estimate of drug-likeness (QED) is 0.643. The lowest BCUT2D eigenvalue weighted by Gasteiger charge is -2.24. The molecule has 1 saturated heterocycles. The standard InChI is InChI=1S/C9H18N2O4S/c1-15-8(6-10)9(12)11-7-2-4-16(13,14)5-3-7/h7-8H,2-6,10H2,1H3,(H,11,12). The monoisotopic (exact) mass is 250 g/mol. The van der Waals surface area contributed by atoms with Crippen molar-refractivity contribution in [2.45, 2.75) is 25.0 Å². The van der Waals surface area contributed by atoms with Crippen LogP contribution >= 0.6 is 0 Å². The van der Waals surface area contributed by atoms with E-state index in [1.54, 1.807) is 0 Å². The van der Waals surface area contributed by atoms with E-state index in [-0.39, 0.29) is 30.0 Å². The smallest absolute Gasteiger partial charge is 0.250 e. The van der Waals surface area contributed by atoms with Gasteiger partial charge in [-0.15, -0.1) is 0 Å². The summed E-state index contributed by atoms with van der Waals surface area (Å²) < 4.78 is 27.2. The fourth-order valence-electron chi connectivity index (χ4n) is 1.64. The van der Waals surface area contributed by atoms with Crippen molar-refractivity contribution < 1.29 is 17.9 Å². The van der Waals surface area contributed by atoms with Gasteiger partial charge >= 0.3 is 0 Å². The van der Waals surface area contributed by atoms with Crippen molar-refractivity contribution in [2.75, 3.05) is 25.2 Å². The van der Waals surface area contributed by atoms with E-state index in [1.165, 1.54) is 7.11 Å². The number of hydrogen-bond acceptors (Lipinski definition) is 5. The first-order valence-electron chi connectivity index (χ1n) is 5.22. The fourth-order valence-corrected chi connectivity index (χ4v) is 3.13. The highest BCUT2D eigenvalue weighted by molar-refractivity contribution is 7.91. The Hall–Kier alpha value is -0.660. The molecule has 1 unspecified atom stereocenters. The lowest BCUT2D eigenvalue weighted by Crippen LogP contribution is -2.47. The van der Waals surface area contributed by atoms with Crippen molar-refractivity contribution in [1.82, 2.24) is 5.32 Å². The average molecular weight is 250 g/mol. The molecule has 6 nitrogen and oxygen atoms in total. The zero-order chi connectivity index (χ0) is 12.2. The van der Waals surface area contributed by atoms with Crippen LogP contribution < -0.4 is 11.1 Å². The van der Waals surface area contributed by atoms with Crippen molar-refractivity contribution in [3.63, 3.8) is 0 Å². The molecule has 0 bridgehead atoms. The number of nitrogens with two attached hydrogens (primary N) is 1. The van der Waals surface area contributed by atoms with Crippen LogP contribution in [0.1, 0.15) is 12.8 Å². The zero-order valence-electron chi connectivity index (χ0n) is 9.31. The lowest BCUT2D eigenvalue weighted by molar-refractivity contribution is -0.131. The van der Waals surface area contributed by atoms with E-state index in [9.17, 15) is 13.2 Å². The number of nitrogens with one attached hydrogen (secondary N) is 1. The van der Waals surface area contributed by atoms with Gasteiger partial charge in [-0.1, -0.05) is 0 Å². The van der Waals surface area contributed by atoms with Crippen molar-refractivity contribution in [3.05, 3.63) is 0 Å². The minimum absolute atomic E-state index is 0.0831. The SMILES string of the molecule is COC(CN)C(=O)NC1CCS(=O)(=O)CC1. The second kappa shape index (κ2) is 5.60. The molecule has 1 rings (SSSR count). The molecule has 1 atom stereocenters. The Balaban J connectivity index is 2.42. The number of sulfone groups is 1. The average Bonchev–Trinajstić information content (AvgIpc) is 2.23. The Morgan fingerprint density at radius 3 is 2.50 bits per heavy atom. The van der Waals surface area contributed by atoms with Gasteiger partial charge in [0.05, 0.1) is 11.5 Å². The first-order chi connectivity index (χ1) is 7.48. The normalized spacial score (nSPS) is 22.6. The Morgan fingerprint density at radius 2 is 2.06 bits per heavy atom. The molecule has 0 spiro atoms. The second-order valence-corrected chi connectivity index (χ2v) is 6.20. The van der Waals surface area contributed by atoms with Crippen molar-refractivity contribution >= 4 is 15.7 Å². The topological polar surface area (TPSA) is 98.5 Å². The van der Waals surface area contributed by atoms with Gasteiger partial charge in [-0.05, 0) is 12.8 Å². The van der Waals surface area contributed by atoms with Crippen LogP contribution in [0.3, 0.4) is 0 Å². The number of rotatable bonds is 4. The minimum atomic E-state index is -2.89. The Kier molecular flexibility index (Phi) is 4.69. The molecule has 0 aromatic carbocycles. The number of carbonyl (C=O) groups is 1. The predicted octanol–water partition coefficient (Wildman–Crippen LogP) is -1.35. The van der Waals surface area contributed by atoms with Crippen LogP contribution in [0.15, 0.2) is 0 Å². The third kappa shape index (κ3) is 3.73. The predicted molar refractivity (Wildman–Crippen MR) is 59.7 cm³/mol. The minimum Gasteiger partial charge on any atom is -0.370 e. The highest BCUT2D eigenvalue weighted by atomic mass is 32.2. The Morgan fingerprint density at radius 1 is 1.50 bits per heavy atom. The number of carbonyl (C=O) groups excluding carboxylic acids is 1. The molecule has 0 aliphatic carbocycles. The number of methoxy groups -OCH3 is 1. The summed E-state index contributed by atoms with van der Waals surface area (Å²) in [6, 6.07) is -0.0831. The summed E-state index contributed by atoms with van der Waals surface area (Å²) in [6.07, 6.45) is 0.281. The summed E-state index contributed by atoms with van der Waals surface area (Å²) in [5.74, 6) is 0.00508. The van der Waals surface area contributed by atoms with E-state index in [4.69, 9.17) is 10.5 Å². The molecule has 1 fully saturated rings. The molecule has 1 aliphatic heterocycles. The summed E-state index contributed by atoms with van der Waals surface area (Å²) in [5, 5.41) is 2.75. The van der Waals surface area contributed by atoms with E-state index in [1.807, 2.05) is 0 Å². The lowest BCUT2D eigenvalue weighted by atomic mass is 10.1. The molecule has 3 N–H and O–H groups in total. The van der Waals surface area contributed by atoms with Gasteiger partial charge in [0.15, 0.2) is 0 Å². The second-order valence-electron chi connectivity index (χ2n) is 3.89. The van der Waals surface area contributed by atoms with E-state index in [2.05, 4.69) is 5.32 Å². The molecule has 1 aliphatic rings. The third-order valence-electron chi connectivity index (χ3n) is 2.69. The van der Waals surface area contributed by atoms with Gasteiger partial charge in [-0.3, -0.25) is 4.79 Å². The van der Waals surface area contributed by atoms with Crippen LogP contribution in [0.25, 0.3) is 0 Å². The summed E-state index contributed by atoms with van der Waals surface area (Å²) >= 11 is 0. The third-order valence-corrected chi connectivity index (χ3v) is 4.41. The van der Waals surface area contributed by atoms with Gasteiger partial charge < -0.3 is 15.8 Å². The van der Waals surface area contributed by atoms with Crippen LogP contribution in [-0.4, -0.2) is 51.6 Å². The molecule has 0 aromatic heterocycles. The molecule has 1 amide bonds. The fraction of sp³-hybridized carbons (Fsp3) is 0.889. The van der Waals surface area contributed by atoms with E-state index in [0.29, 0.717) is 12.8 Å². The molecular formula is C9H18N2O4S. The molecule has 1 heterocycles. The molecule has 0 radical (unpaired) electrons. The maximum atomic E-state index is 11.6. The van der Waals surface area contributed by atoms with Crippen molar-refractivity contribution in [1.29, 1.82) is 0 Å². The summed E-state index contributed by atoms with van der Waals surface area (Å²) in [7, 11) is -1.47. The van der Waals surface area contributed by atoms with Crippen LogP contribution in [-0.2, 0) is 19.4 Å². The number of ether oxygens (including phenoxy) is 1. The van der Waals surface area contributed by atoms with Crippen molar-refractivity contribution in [2.24, 2.45) is 5.73 Å². The molecule has 7 heteroatoms. The maximum absolute atomic E-state index is 11.6. The summed E-state index contributed by atoms with van der Waals surface area (Å²) in [6.45, 7) is 0.118. The first kappa shape index (κ1) is 13.4. The van der Waals surface area contributed by atoms with Gasteiger partial charge in [-0.2, -0.15) is 0 Å². The number of amides is 1. The van der Waals surface area contributed by atoms with Gasteiger partial charge in [0.2, 0.25) is 0 Å². The van der Waals surface area contributed by atoms with Crippen LogP contribution in [0.4, 0.5) is 0 Å². The first-order valence-corrected chi connectivity index (χ1v) is 7.04.